The molecule has 1 aliphatic carbocycles. The molecule has 11 nitrogen and oxygen atoms in total. The highest BCUT2D eigenvalue weighted by Gasteiger charge is 2.42. The van der Waals surface area contributed by atoms with Gasteiger partial charge < -0.3 is 20.5 Å². The van der Waals surface area contributed by atoms with Gasteiger partial charge in [0.15, 0.2) is 5.82 Å². The molecule has 0 spiro atoms. The molecule has 0 saturated heterocycles. The van der Waals surface area contributed by atoms with E-state index in [0.29, 0.717) is 17.3 Å². The van der Waals surface area contributed by atoms with Crippen molar-refractivity contribution < 1.29 is 22.8 Å². The smallest absolute Gasteiger partial charge is 0.333 e. The number of allylic oxidation sites excluding steroid dienone is 1. The van der Waals surface area contributed by atoms with Gasteiger partial charge in [0.2, 0.25) is 0 Å². The van der Waals surface area contributed by atoms with Crippen molar-refractivity contribution in [2.45, 2.75) is 31.6 Å². The van der Waals surface area contributed by atoms with Gasteiger partial charge in [0.05, 0.1) is 24.4 Å². The third-order valence-electron chi connectivity index (χ3n) is 6.74. The molecule has 2 aromatic heterocycles. The van der Waals surface area contributed by atoms with Gasteiger partial charge in [-0.2, -0.15) is 18.2 Å². The maximum Gasteiger partial charge on any atom is 0.333 e. The van der Waals surface area contributed by atoms with Gasteiger partial charge in [0.1, 0.15) is 11.9 Å². The highest BCUT2D eigenvalue weighted by molar-refractivity contribution is 7.84. The number of hydrogen-bond donors (Lipinski definition) is 5. The highest BCUT2D eigenvalue weighted by Crippen LogP contribution is 2.32. The number of benzene rings is 2. The van der Waals surface area contributed by atoms with Crippen molar-refractivity contribution in [1.29, 1.82) is 0 Å². The van der Waals surface area contributed by atoms with Gasteiger partial charge in [-0.25, -0.2) is 10.1 Å². The van der Waals surface area contributed by atoms with Crippen molar-refractivity contribution >= 4 is 50.5 Å². The number of aliphatic imine (C=N–C) groups is 1. The van der Waals surface area contributed by atoms with Crippen LogP contribution in [0.1, 0.15) is 13.3 Å². The Morgan fingerprint density at radius 2 is 2.00 bits per heavy atom. The summed E-state index contributed by atoms with van der Waals surface area (Å²) in [6, 6.07) is 15.4. The van der Waals surface area contributed by atoms with Crippen molar-refractivity contribution in [3.8, 4) is 11.3 Å². The fourth-order valence-electron chi connectivity index (χ4n) is 4.89. The van der Waals surface area contributed by atoms with Crippen LogP contribution in [0, 0.1) is 5.92 Å². The molecule has 0 amide bonds. The number of para-hydroxylation sites is 1. The normalized spacial score (nSPS) is 22.6. The number of aromatic nitrogens is 3. The molecule has 0 bridgehead atoms. The van der Waals surface area contributed by atoms with Gasteiger partial charge in [-0.1, -0.05) is 30.3 Å². The number of aliphatic hydroxyl groups is 2. The fraction of sp³-hybridized carbons (Fsp3) is 0.280. The molecule has 6 N–H and O–H groups in total. The summed E-state index contributed by atoms with van der Waals surface area (Å²) in [5, 5.41) is 36.1. The molecular weight excluding hydrogens is 496 g/mol. The molecule has 2 heterocycles. The van der Waals surface area contributed by atoms with Crippen LogP contribution in [-0.4, -0.2) is 65.0 Å². The van der Waals surface area contributed by atoms with E-state index < -0.39 is 34.5 Å². The number of aliphatic hydroxyl groups excluding tert-OH is 2. The van der Waals surface area contributed by atoms with E-state index in [1.165, 1.54) is 0 Å². The van der Waals surface area contributed by atoms with Crippen LogP contribution in [0.4, 0.5) is 5.82 Å². The summed E-state index contributed by atoms with van der Waals surface area (Å²) >= 11 is 0. The summed E-state index contributed by atoms with van der Waals surface area (Å²) in [6.45, 7) is 5.13. The summed E-state index contributed by atoms with van der Waals surface area (Å²) < 4.78 is 28.5. The summed E-state index contributed by atoms with van der Waals surface area (Å²) in [6.07, 6.45) is -0.342. The van der Waals surface area contributed by atoms with Crippen molar-refractivity contribution in [3.63, 3.8) is 0 Å². The lowest BCUT2D eigenvalue weighted by Gasteiger charge is -2.21. The van der Waals surface area contributed by atoms with Gasteiger partial charge in [0.25, 0.3) is 0 Å². The molecule has 4 atom stereocenters. The molecule has 5 rings (SSSR count). The van der Waals surface area contributed by atoms with Crippen LogP contribution in [0.2, 0.25) is 0 Å². The Balaban J connectivity index is 1.40. The predicted octanol–water partition coefficient (Wildman–Crippen LogP) is 2.26. The number of aromatic amines is 1. The summed E-state index contributed by atoms with van der Waals surface area (Å²) in [5.74, 6) is 0.372. The quantitative estimate of drug-likeness (QED) is 0.220. The molecule has 1 fully saturated rings. The van der Waals surface area contributed by atoms with Crippen molar-refractivity contribution in [3.05, 3.63) is 54.6 Å². The Bertz CT molecular complexity index is 1610. The van der Waals surface area contributed by atoms with Crippen molar-refractivity contribution in [2.75, 3.05) is 6.61 Å². The zero-order valence-electron chi connectivity index (χ0n) is 20.1. The molecule has 0 aliphatic heterocycles. The standard InChI is InChI=1S/C25H28N6O5S/c1-3-22(29-21-11-15(24(32)25(21)33)13-36-37(26,34)35)31-23(27-2)12-19(30-31)14-8-9-17-16-6-4-5-7-18(16)28-20(17)10-14/h3-10,12,15,21,24-25,28-29,32-33H,2,11,13H2,1H3,(H2,26,34,35)/b22-3-/t15-,21-,24-,25+/m1/s1. The second kappa shape index (κ2) is 9.72. The van der Waals surface area contributed by atoms with Crippen molar-refractivity contribution in [1.82, 2.24) is 20.1 Å². The van der Waals surface area contributed by atoms with Crippen LogP contribution in [-0.2, 0) is 14.5 Å². The number of fused-ring (bicyclic) bond motifs is 3. The number of H-pyrrole nitrogens is 1. The number of nitrogens with two attached hydrogens (primary N) is 1. The van der Waals surface area contributed by atoms with Gasteiger partial charge in [0, 0.05) is 39.4 Å². The van der Waals surface area contributed by atoms with Gasteiger partial charge >= 0.3 is 10.3 Å². The van der Waals surface area contributed by atoms with E-state index in [1.54, 1.807) is 17.7 Å². The molecule has 1 saturated carbocycles. The fourth-order valence-corrected chi connectivity index (χ4v) is 5.25. The molecule has 194 valence electrons. The third kappa shape index (κ3) is 4.89. The number of nitrogens with one attached hydrogen (secondary N) is 2. The van der Waals surface area contributed by atoms with E-state index in [0.717, 1.165) is 27.4 Å². The first-order valence-electron chi connectivity index (χ1n) is 11.7. The zero-order chi connectivity index (χ0) is 26.3. The maximum absolute atomic E-state index is 11.1. The Hall–Kier alpha value is -3.55. The molecule has 0 unspecified atom stereocenters. The minimum Gasteiger partial charge on any atom is -0.390 e. The lowest BCUT2D eigenvalue weighted by molar-refractivity contribution is 0.00412. The van der Waals surface area contributed by atoms with Crippen LogP contribution >= 0.6 is 0 Å². The number of nitrogens with zero attached hydrogens (tertiary/aromatic N) is 3. The molecule has 2 aromatic carbocycles. The molecule has 37 heavy (non-hydrogen) atoms. The summed E-state index contributed by atoms with van der Waals surface area (Å²) in [7, 11) is -4.16. The Labute approximate surface area is 213 Å². The first-order valence-corrected chi connectivity index (χ1v) is 13.2. The molecule has 12 heteroatoms. The van der Waals surface area contributed by atoms with Gasteiger partial charge in [-0.3, -0.25) is 4.18 Å². The van der Waals surface area contributed by atoms with Crippen LogP contribution in [0.15, 0.2) is 59.6 Å². The molecule has 0 radical (unpaired) electrons. The van der Waals surface area contributed by atoms with E-state index in [4.69, 9.17) is 10.2 Å². The van der Waals surface area contributed by atoms with Crippen LogP contribution in [0.25, 0.3) is 38.9 Å². The van der Waals surface area contributed by atoms with E-state index in [1.807, 2.05) is 36.4 Å². The van der Waals surface area contributed by atoms with Crippen LogP contribution < -0.4 is 10.5 Å². The first-order chi connectivity index (χ1) is 17.7. The van der Waals surface area contributed by atoms with Crippen LogP contribution in [0.5, 0.6) is 0 Å². The van der Waals surface area contributed by atoms with E-state index in [9.17, 15) is 18.6 Å². The minimum absolute atomic E-state index is 0.247. The predicted molar refractivity (Wildman–Crippen MR) is 142 cm³/mol. The monoisotopic (exact) mass is 524 g/mol. The lowest BCUT2D eigenvalue weighted by Crippen LogP contribution is -2.40. The average Bonchev–Trinajstić information content (AvgIpc) is 3.55. The highest BCUT2D eigenvalue weighted by atomic mass is 32.2. The number of rotatable bonds is 8. The second-order valence-corrected chi connectivity index (χ2v) is 10.3. The van der Waals surface area contributed by atoms with Gasteiger partial charge in [-0.05, 0) is 38.3 Å². The minimum atomic E-state index is -4.16. The first kappa shape index (κ1) is 25.1. The topological polar surface area (TPSA) is 168 Å². The Morgan fingerprint density at radius 3 is 2.73 bits per heavy atom. The molecule has 4 aromatic rings. The average molecular weight is 525 g/mol. The molecular formula is C25H28N6O5S. The largest absolute Gasteiger partial charge is 0.390 e. The second-order valence-electron chi connectivity index (χ2n) is 9.07. The maximum atomic E-state index is 11.1. The Morgan fingerprint density at radius 1 is 1.24 bits per heavy atom. The summed E-state index contributed by atoms with van der Waals surface area (Å²) in [5.41, 5.74) is 3.60. The molecule has 1 aliphatic rings. The zero-order valence-corrected chi connectivity index (χ0v) is 20.9. The van der Waals surface area contributed by atoms with E-state index in [-0.39, 0.29) is 13.0 Å². The van der Waals surface area contributed by atoms with E-state index >= 15 is 0 Å². The number of hydrogen-bond acceptors (Lipinski definition) is 8. The SMILES string of the molecule is C=Nc1cc(-c2ccc3c(c2)[nH]c2ccccc23)nn1/C(=C\C)N[C@@H]1C[C@H](COS(N)(=O)=O)[C@@H](O)[C@H]1O. The van der Waals surface area contributed by atoms with Gasteiger partial charge in [-0.15, -0.1) is 0 Å². The van der Waals surface area contributed by atoms with E-state index in [2.05, 4.69) is 38.3 Å². The Kier molecular flexibility index (Phi) is 6.60. The summed E-state index contributed by atoms with van der Waals surface area (Å²) in [4.78, 5) is 7.55. The lowest BCUT2D eigenvalue weighted by atomic mass is 10.1. The van der Waals surface area contributed by atoms with Crippen molar-refractivity contribution in [2.24, 2.45) is 16.0 Å². The van der Waals surface area contributed by atoms with Crippen LogP contribution in [0.3, 0.4) is 0 Å². The third-order valence-corrected chi connectivity index (χ3v) is 7.20.